The van der Waals surface area contributed by atoms with Crippen LogP contribution in [0.25, 0.3) is 0 Å². The van der Waals surface area contributed by atoms with Gasteiger partial charge in [-0.2, -0.15) is 0 Å². The van der Waals surface area contributed by atoms with Gasteiger partial charge in [-0.3, -0.25) is 4.79 Å². The van der Waals surface area contributed by atoms with Crippen LogP contribution in [0, 0.1) is 6.92 Å². The molecule has 1 aromatic carbocycles. The number of benzene rings is 1. The van der Waals surface area contributed by atoms with Crippen molar-refractivity contribution in [1.29, 1.82) is 0 Å². The zero-order chi connectivity index (χ0) is 17.5. The fraction of sp³-hybridized carbons (Fsp3) is 0.429. The second-order valence-electron chi connectivity index (χ2n) is 6.84. The minimum absolute atomic E-state index is 0.0327. The highest BCUT2D eigenvalue weighted by Crippen LogP contribution is 2.20. The third kappa shape index (κ3) is 5.31. The number of rotatable bonds is 6. The van der Waals surface area contributed by atoms with Crippen LogP contribution in [0.4, 0.5) is 11.5 Å². The minimum atomic E-state index is 0.0327. The van der Waals surface area contributed by atoms with Gasteiger partial charge in [-0.1, -0.05) is 29.8 Å². The van der Waals surface area contributed by atoms with E-state index in [0.717, 1.165) is 31.6 Å². The van der Waals surface area contributed by atoms with E-state index in [9.17, 15) is 4.79 Å². The minimum Gasteiger partial charge on any atom is -0.370 e. The standard InChI is InChI=1S/C21H27N3O/c1-17-8-10-18(11-9-17)6-5-7-21(25)23-20-13-12-19(16-22-20)24-14-3-2-4-15-24/h8-13,16H,2-7,14-15H2,1H3,(H,22,23,25). The van der Waals surface area contributed by atoms with Crippen LogP contribution in [-0.4, -0.2) is 24.0 Å². The van der Waals surface area contributed by atoms with Crippen molar-refractivity contribution in [2.24, 2.45) is 0 Å². The van der Waals surface area contributed by atoms with Crippen LogP contribution in [0.2, 0.25) is 0 Å². The van der Waals surface area contributed by atoms with Gasteiger partial charge in [0, 0.05) is 19.5 Å². The van der Waals surface area contributed by atoms with Gasteiger partial charge in [0.2, 0.25) is 5.91 Å². The molecule has 1 aliphatic rings. The zero-order valence-corrected chi connectivity index (χ0v) is 15.0. The number of hydrogen-bond acceptors (Lipinski definition) is 3. The van der Waals surface area contributed by atoms with Crippen molar-refractivity contribution in [1.82, 2.24) is 4.98 Å². The van der Waals surface area contributed by atoms with Gasteiger partial charge in [-0.25, -0.2) is 4.98 Å². The lowest BCUT2D eigenvalue weighted by Crippen LogP contribution is -2.29. The number of nitrogens with zero attached hydrogens (tertiary/aromatic N) is 2. The number of carbonyl (C=O) groups is 1. The van der Waals surface area contributed by atoms with Gasteiger partial charge in [0.1, 0.15) is 5.82 Å². The molecule has 0 atom stereocenters. The van der Waals surface area contributed by atoms with Crippen molar-refractivity contribution in [2.75, 3.05) is 23.3 Å². The van der Waals surface area contributed by atoms with E-state index >= 15 is 0 Å². The number of anilines is 2. The third-order valence-corrected chi connectivity index (χ3v) is 4.73. The number of pyridine rings is 1. The Balaban J connectivity index is 1.43. The molecule has 132 valence electrons. The summed E-state index contributed by atoms with van der Waals surface area (Å²) in [4.78, 5) is 18.8. The number of carbonyl (C=O) groups excluding carboxylic acids is 1. The molecule has 0 aliphatic carbocycles. The molecule has 4 nitrogen and oxygen atoms in total. The van der Waals surface area contributed by atoms with Crippen molar-refractivity contribution in [3.05, 3.63) is 53.7 Å². The summed E-state index contributed by atoms with van der Waals surface area (Å²) in [5, 5.41) is 2.90. The molecule has 1 aromatic heterocycles. The predicted octanol–water partition coefficient (Wildman–Crippen LogP) is 4.34. The average molecular weight is 337 g/mol. The summed E-state index contributed by atoms with van der Waals surface area (Å²) in [5.74, 6) is 0.673. The van der Waals surface area contributed by atoms with E-state index in [4.69, 9.17) is 0 Å². The summed E-state index contributed by atoms with van der Waals surface area (Å²) in [6.07, 6.45) is 7.98. The first-order valence-electron chi connectivity index (χ1n) is 9.27. The highest BCUT2D eigenvalue weighted by molar-refractivity contribution is 5.89. The Morgan fingerprint density at radius 3 is 2.52 bits per heavy atom. The van der Waals surface area contributed by atoms with E-state index in [-0.39, 0.29) is 5.91 Å². The molecule has 0 spiro atoms. The Morgan fingerprint density at radius 1 is 1.08 bits per heavy atom. The molecule has 0 bridgehead atoms. The summed E-state index contributed by atoms with van der Waals surface area (Å²) in [7, 11) is 0. The van der Waals surface area contributed by atoms with Gasteiger partial charge in [-0.15, -0.1) is 0 Å². The van der Waals surface area contributed by atoms with Crippen LogP contribution >= 0.6 is 0 Å². The van der Waals surface area contributed by atoms with Crippen molar-refractivity contribution >= 4 is 17.4 Å². The van der Waals surface area contributed by atoms with Gasteiger partial charge in [0.05, 0.1) is 11.9 Å². The monoisotopic (exact) mass is 337 g/mol. The first-order chi connectivity index (χ1) is 12.2. The Labute approximate surface area is 150 Å². The highest BCUT2D eigenvalue weighted by atomic mass is 16.1. The molecule has 3 rings (SSSR count). The fourth-order valence-corrected chi connectivity index (χ4v) is 3.21. The lowest BCUT2D eigenvalue weighted by Gasteiger charge is -2.28. The second kappa shape index (κ2) is 8.65. The Hall–Kier alpha value is -2.36. The summed E-state index contributed by atoms with van der Waals surface area (Å²) in [5.41, 5.74) is 3.69. The average Bonchev–Trinajstić information content (AvgIpc) is 2.65. The summed E-state index contributed by atoms with van der Waals surface area (Å²) in [6, 6.07) is 12.5. The molecule has 1 N–H and O–H groups in total. The van der Waals surface area contributed by atoms with Crippen LogP contribution in [0.5, 0.6) is 0 Å². The van der Waals surface area contributed by atoms with E-state index in [2.05, 4.69) is 52.5 Å². The lowest BCUT2D eigenvalue weighted by molar-refractivity contribution is -0.116. The third-order valence-electron chi connectivity index (χ3n) is 4.73. The maximum Gasteiger partial charge on any atom is 0.225 e. The number of amides is 1. The molecular weight excluding hydrogens is 310 g/mol. The number of piperidine rings is 1. The second-order valence-corrected chi connectivity index (χ2v) is 6.84. The Morgan fingerprint density at radius 2 is 1.84 bits per heavy atom. The molecule has 1 fully saturated rings. The number of aromatic nitrogens is 1. The van der Waals surface area contributed by atoms with Crippen molar-refractivity contribution in [3.63, 3.8) is 0 Å². The zero-order valence-electron chi connectivity index (χ0n) is 15.0. The molecule has 25 heavy (non-hydrogen) atoms. The maximum atomic E-state index is 12.1. The Bertz CT molecular complexity index is 673. The predicted molar refractivity (Wildman–Crippen MR) is 103 cm³/mol. The van der Waals surface area contributed by atoms with Crippen molar-refractivity contribution < 1.29 is 4.79 Å². The molecule has 0 saturated carbocycles. The van der Waals surface area contributed by atoms with E-state index in [1.54, 1.807) is 0 Å². The summed E-state index contributed by atoms with van der Waals surface area (Å²) >= 11 is 0. The molecule has 2 heterocycles. The molecule has 2 aromatic rings. The van der Waals surface area contributed by atoms with Crippen LogP contribution in [0.15, 0.2) is 42.6 Å². The van der Waals surface area contributed by atoms with E-state index in [1.807, 2.05) is 12.3 Å². The largest absolute Gasteiger partial charge is 0.370 e. The smallest absolute Gasteiger partial charge is 0.225 e. The van der Waals surface area contributed by atoms with Gasteiger partial charge < -0.3 is 10.2 Å². The van der Waals surface area contributed by atoms with Crippen LogP contribution in [-0.2, 0) is 11.2 Å². The summed E-state index contributed by atoms with van der Waals surface area (Å²) < 4.78 is 0. The van der Waals surface area contributed by atoms with Gasteiger partial charge >= 0.3 is 0 Å². The van der Waals surface area contributed by atoms with Gasteiger partial charge in [0.15, 0.2) is 0 Å². The van der Waals surface area contributed by atoms with Crippen LogP contribution in [0.1, 0.15) is 43.2 Å². The number of nitrogens with one attached hydrogen (secondary N) is 1. The van der Waals surface area contributed by atoms with Crippen molar-refractivity contribution in [3.8, 4) is 0 Å². The molecule has 0 unspecified atom stereocenters. The van der Waals surface area contributed by atoms with E-state index in [0.29, 0.717) is 12.2 Å². The maximum absolute atomic E-state index is 12.1. The number of aryl methyl sites for hydroxylation is 2. The normalized spacial score (nSPS) is 14.4. The van der Waals surface area contributed by atoms with E-state index < -0.39 is 0 Å². The van der Waals surface area contributed by atoms with Crippen LogP contribution < -0.4 is 10.2 Å². The molecule has 1 amide bonds. The molecule has 1 saturated heterocycles. The van der Waals surface area contributed by atoms with Crippen molar-refractivity contribution in [2.45, 2.75) is 45.4 Å². The summed E-state index contributed by atoms with van der Waals surface area (Å²) in [6.45, 7) is 4.29. The topological polar surface area (TPSA) is 45.2 Å². The van der Waals surface area contributed by atoms with Crippen LogP contribution in [0.3, 0.4) is 0 Å². The molecular formula is C21H27N3O. The molecule has 0 radical (unpaired) electrons. The fourth-order valence-electron chi connectivity index (χ4n) is 3.21. The number of hydrogen-bond donors (Lipinski definition) is 1. The van der Waals surface area contributed by atoms with Gasteiger partial charge in [-0.05, 0) is 56.7 Å². The lowest BCUT2D eigenvalue weighted by atomic mass is 10.1. The first-order valence-corrected chi connectivity index (χ1v) is 9.27. The quantitative estimate of drug-likeness (QED) is 0.853. The Kier molecular flexibility index (Phi) is 6.04. The van der Waals surface area contributed by atoms with E-state index in [1.165, 1.54) is 30.4 Å². The molecule has 1 aliphatic heterocycles. The molecule has 4 heteroatoms. The van der Waals surface area contributed by atoms with Gasteiger partial charge in [0.25, 0.3) is 0 Å². The SMILES string of the molecule is Cc1ccc(CCCC(=O)Nc2ccc(N3CCCCC3)cn2)cc1. The highest BCUT2D eigenvalue weighted by Gasteiger charge is 2.11. The first kappa shape index (κ1) is 17.5.